The molecule has 3 N–H and O–H groups in total. The van der Waals surface area contributed by atoms with Gasteiger partial charge in [0.15, 0.2) is 23.2 Å². The predicted octanol–water partition coefficient (Wildman–Crippen LogP) is 3.83. The van der Waals surface area contributed by atoms with Crippen molar-refractivity contribution < 1.29 is 13.9 Å². The van der Waals surface area contributed by atoms with Crippen LogP contribution in [0.4, 0.5) is 27.7 Å². The number of H-pyrrole nitrogens is 1. The van der Waals surface area contributed by atoms with E-state index in [0.29, 0.717) is 42.2 Å². The number of halogens is 1. The Hall–Kier alpha value is -4.15. The Balaban J connectivity index is 1.25. The number of rotatable bonds is 7. The molecule has 10 nitrogen and oxygen atoms in total. The Labute approximate surface area is 200 Å². The third kappa shape index (κ3) is 4.13. The molecule has 0 bridgehead atoms. The van der Waals surface area contributed by atoms with Crippen molar-refractivity contribution in [1.82, 2.24) is 24.8 Å². The maximum atomic E-state index is 14.1. The molecule has 4 aromatic rings. The number of hydrogen-bond donors (Lipinski definition) is 3. The molecule has 2 aliphatic rings. The van der Waals surface area contributed by atoms with Crippen LogP contribution in [-0.4, -0.2) is 50.4 Å². The van der Waals surface area contributed by atoms with Gasteiger partial charge in [0.1, 0.15) is 11.6 Å². The van der Waals surface area contributed by atoms with E-state index in [0.717, 1.165) is 17.6 Å². The van der Waals surface area contributed by atoms with Crippen LogP contribution in [0, 0.1) is 5.82 Å². The number of benzene rings is 1. The minimum Gasteiger partial charge on any atom is -0.494 e. The summed E-state index contributed by atoms with van der Waals surface area (Å²) in [4.78, 5) is 19.8. The molecule has 1 aliphatic heterocycles. The number of nitrogens with one attached hydrogen (secondary N) is 3. The SMILES string of the molecule is COc1ccc(NC(=O)[C@@H]2CCCN2c2nc(Nc3cc(C4CC4)[nH]n3)c3cccn3n2)cc1F. The molecule has 6 rings (SSSR count). The molecule has 180 valence electrons. The van der Waals surface area contributed by atoms with Crippen LogP contribution < -0.4 is 20.3 Å². The number of hydrogen-bond acceptors (Lipinski definition) is 7. The van der Waals surface area contributed by atoms with Gasteiger partial charge in [0.05, 0.1) is 7.11 Å². The third-order valence-corrected chi connectivity index (χ3v) is 6.47. The molecular weight excluding hydrogens is 451 g/mol. The van der Waals surface area contributed by atoms with Gasteiger partial charge in [0.2, 0.25) is 11.9 Å². The molecule has 1 saturated carbocycles. The average Bonchev–Trinajstić information content (AvgIpc) is 3.24. The molecule has 1 aromatic carbocycles. The number of ether oxygens (including phenoxy) is 1. The summed E-state index contributed by atoms with van der Waals surface area (Å²) in [5, 5.41) is 18.2. The van der Waals surface area contributed by atoms with E-state index in [1.807, 2.05) is 29.3 Å². The zero-order chi connectivity index (χ0) is 23.9. The fraction of sp³-hybridized carbons (Fsp3) is 0.333. The number of fused-ring (bicyclic) bond motifs is 1. The van der Waals surface area contributed by atoms with Crippen molar-refractivity contribution in [3.05, 3.63) is 54.1 Å². The molecule has 11 heteroatoms. The van der Waals surface area contributed by atoms with Crippen LogP contribution in [0.2, 0.25) is 0 Å². The van der Waals surface area contributed by atoms with E-state index >= 15 is 0 Å². The van der Waals surface area contributed by atoms with E-state index in [-0.39, 0.29) is 11.7 Å². The number of aromatic nitrogens is 5. The van der Waals surface area contributed by atoms with E-state index in [2.05, 4.69) is 25.9 Å². The Bertz CT molecular complexity index is 1400. The summed E-state index contributed by atoms with van der Waals surface area (Å²) in [5.41, 5.74) is 2.30. The predicted molar refractivity (Wildman–Crippen MR) is 129 cm³/mol. The van der Waals surface area contributed by atoms with Crippen LogP contribution in [0.5, 0.6) is 5.75 Å². The lowest BCUT2D eigenvalue weighted by molar-refractivity contribution is -0.117. The highest BCUT2D eigenvalue weighted by molar-refractivity contribution is 5.97. The first-order valence-electron chi connectivity index (χ1n) is 11.7. The van der Waals surface area contributed by atoms with Crippen molar-refractivity contribution in [2.45, 2.75) is 37.6 Å². The lowest BCUT2D eigenvalue weighted by Gasteiger charge is -2.24. The van der Waals surface area contributed by atoms with Crippen LogP contribution >= 0.6 is 0 Å². The van der Waals surface area contributed by atoms with E-state index in [1.165, 1.54) is 32.1 Å². The summed E-state index contributed by atoms with van der Waals surface area (Å²) in [5.74, 6) is 1.66. The lowest BCUT2D eigenvalue weighted by Crippen LogP contribution is -2.41. The van der Waals surface area contributed by atoms with Gasteiger partial charge in [-0.15, -0.1) is 5.10 Å². The number of nitrogens with zero attached hydrogens (tertiary/aromatic N) is 5. The van der Waals surface area contributed by atoms with Gasteiger partial charge < -0.3 is 20.3 Å². The summed E-state index contributed by atoms with van der Waals surface area (Å²) in [6.07, 6.45) is 5.67. The van der Waals surface area contributed by atoms with Gasteiger partial charge >= 0.3 is 0 Å². The Kier molecular flexibility index (Phi) is 5.24. The monoisotopic (exact) mass is 476 g/mol. The zero-order valence-electron chi connectivity index (χ0n) is 19.2. The van der Waals surface area contributed by atoms with E-state index in [9.17, 15) is 9.18 Å². The van der Waals surface area contributed by atoms with Gasteiger partial charge in [0, 0.05) is 42.2 Å². The van der Waals surface area contributed by atoms with Crippen molar-refractivity contribution in [1.29, 1.82) is 0 Å². The Morgan fingerprint density at radius 3 is 2.91 bits per heavy atom. The molecule has 2 fully saturated rings. The number of anilines is 4. The van der Waals surface area contributed by atoms with Gasteiger partial charge in [-0.3, -0.25) is 9.89 Å². The third-order valence-electron chi connectivity index (χ3n) is 6.47. The Morgan fingerprint density at radius 2 is 2.11 bits per heavy atom. The number of aromatic amines is 1. The highest BCUT2D eigenvalue weighted by Crippen LogP contribution is 2.39. The molecule has 0 spiro atoms. The minimum absolute atomic E-state index is 0.125. The number of methoxy groups -OCH3 is 1. The van der Waals surface area contributed by atoms with Crippen LogP contribution in [0.25, 0.3) is 5.52 Å². The lowest BCUT2D eigenvalue weighted by atomic mass is 10.2. The van der Waals surface area contributed by atoms with Gasteiger partial charge in [-0.1, -0.05) is 0 Å². The molecule has 35 heavy (non-hydrogen) atoms. The van der Waals surface area contributed by atoms with Crippen LogP contribution in [0.1, 0.15) is 37.3 Å². The summed E-state index contributed by atoms with van der Waals surface area (Å²) >= 11 is 0. The summed E-state index contributed by atoms with van der Waals surface area (Å²) in [7, 11) is 1.40. The van der Waals surface area contributed by atoms with Gasteiger partial charge in [-0.05, 0) is 49.9 Å². The second-order valence-corrected chi connectivity index (χ2v) is 8.90. The number of carbonyl (C=O) groups excluding carboxylic acids is 1. The molecule has 0 radical (unpaired) electrons. The number of carbonyl (C=O) groups is 1. The van der Waals surface area contributed by atoms with Crippen molar-refractivity contribution in [3.8, 4) is 5.75 Å². The van der Waals surface area contributed by atoms with Crippen LogP contribution in [0.3, 0.4) is 0 Å². The first kappa shape index (κ1) is 21.4. The second-order valence-electron chi connectivity index (χ2n) is 8.90. The highest BCUT2D eigenvalue weighted by Gasteiger charge is 2.33. The van der Waals surface area contributed by atoms with Crippen molar-refractivity contribution >= 4 is 34.7 Å². The van der Waals surface area contributed by atoms with Gasteiger partial charge in [-0.25, -0.2) is 8.91 Å². The van der Waals surface area contributed by atoms with E-state index < -0.39 is 11.9 Å². The maximum Gasteiger partial charge on any atom is 0.247 e. The van der Waals surface area contributed by atoms with Crippen molar-refractivity contribution in [2.24, 2.45) is 0 Å². The summed E-state index contributed by atoms with van der Waals surface area (Å²) in [6, 6.07) is 9.70. The summed E-state index contributed by atoms with van der Waals surface area (Å²) < 4.78 is 20.8. The molecular formula is C24H25FN8O2. The standard InChI is InChI=1S/C24H25FN8O2/c1-35-20-9-8-15(12-16(20)25)26-23(34)19-5-2-10-32(19)24-28-22(18-4-3-11-33(18)31-24)27-21-13-17(29-30-21)14-6-7-14/h3-4,8-9,11-14,19H,2,5-7,10H2,1H3,(H,26,34)(H2,27,28,29,30,31)/t19-/m0/s1. The Morgan fingerprint density at radius 1 is 1.23 bits per heavy atom. The fourth-order valence-corrected chi connectivity index (χ4v) is 4.51. The molecule has 0 unspecified atom stereocenters. The quantitative estimate of drug-likeness (QED) is 0.372. The molecule has 1 aliphatic carbocycles. The van der Waals surface area contributed by atoms with E-state index in [4.69, 9.17) is 9.72 Å². The van der Waals surface area contributed by atoms with Crippen LogP contribution in [0.15, 0.2) is 42.6 Å². The van der Waals surface area contributed by atoms with Gasteiger partial charge in [0.25, 0.3) is 0 Å². The number of amides is 1. The zero-order valence-corrected chi connectivity index (χ0v) is 19.2. The first-order chi connectivity index (χ1) is 17.1. The topological polar surface area (TPSA) is 112 Å². The van der Waals surface area contributed by atoms with Crippen LogP contribution in [-0.2, 0) is 4.79 Å². The van der Waals surface area contributed by atoms with Crippen molar-refractivity contribution in [3.63, 3.8) is 0 Å². The minimum atomic E-state index is -0.533. The largest absolute Gasteiger partial charge is 0.494 e. The normalized spacial score (nSPS) is 17.7. The smallest absolute Gasteiger partial charge is 0.247 e. The molecule has 4 heterocycles. The molecule has 3 aromatic heterocycles. The highest BCUT2D eigenvalue weighted by atomic mass is 19.1. The van der Waals surface area contributed by atoms with E-state index in [1.54, 1.807) is 10.6 Å². The fourth-order valence-electron chi connectivity index (χ4n) is 4.51. The average molecular weight is 477 g/mol. The molecule has 1 amide bonds. The van der Waals surface area contributed by atoms with Gasteiger partial charge in [-0.2, -0.15) is 10.1 Å². The first-order valence-corrected chi connectivity index (χ1v) is 11.7. The summed E-state index contributed by atoms with van der Waals surface area (Å²) in [6.45, 7) is 0.634. The maximum absolute atomic E-state index is 14.1. The second kappa shape index (κ2) is 8.57. The molecule has 1 saturated heterocycles. The van der Waals surface area contributed by atoms with Crippen molar-refractivity contribution in [2.75, 3.05) is 29.2 Å². The molecule has 1 atom stereocenters.